The lowest BCUT2D eigenvalue weighted by Crippen LogP contribution is -2.34. The predicted octanol–water partition coefficient (Wildman–Crippen LogP) is 3.08. The largest absolute Gasteiger partial charge is 0.338 e. The minimum atomic E-state index is -0.539. The van der Waals surface area contributed by atoms with Crippen LogP contribution in [0.25, 0.3) is 0 Å². The van der Waals surface area contributed by atoms with E-state index in [-0.39, 0.29) is 5.69 Å². The molecule has 1 heterocycles. The van der Waals surface area contributed by atoms with Gasteiger partial charge in [-0.05, 0) is 51.1 Å². The van der Waals surface area contributed by atoms with E-state index in [4.69, 9.17) is 11.6 Å². The van der Waals surface area contributed by atoms with Gasteiger partial charge in [0, 0.05) is 17.6 Å². The van der Waals surface area contributed by atoms with Gasteiger partial charge in [-0.3, -0.25) is 0 Å². The predicted molar refractivity (Wildman–Crippen MR) is 78.7 cm³/mol. The van der Waals surface area contributed by atoms with Crippen LogP contribution in [0, 0.1) is 5.82 Å². The molecule has 0 radical (unpaired) electrons. The Labute approximate surface area is 123 Å². The Hall–Kier alpha value is -1.33. The van der Waals surface area contributed by atoms with Crippen LogP contribution in [-0.4, -0.2) is 37.1 Å². The van der Waals surface area contributed by atoms with Gasteiger partial charge in [-0.25, -0.2) is 9.18 Å². The van der Waals surface area contributed by atoms with E-state index < -0.39 is 11.8 Å². The summed E-state index contributed by atoms with van der Waals surface area (Å²) in [4.78, 5) is 14.0. The fraction of sp³-hybridized carbons (Fsp3) is 0.500. The molecule has 110 valence electrons. The number of carbonyl (C=O) groups excluding carboxylic acids is 1. The molecule has 1 fully saturated rings. The van der Waals surface area contributed by atoms with Gasteiger partial charge in [0.25, 0.3) is 0 Å². The Morgan fingerprint density at radius 2 is 2.35 bits per heavy atom. The van der Waals surface area contributed by atoms with Crippen molar-refractivity contribution in [3.63, 3.8) is 0 Å². The number of urea groups is 1. The van der Waals surface area contributed by atoms with Crippen LogP contribution in [0.1, 0.15) is 19.3 Å². The fourth-order valence-corrected chi connectivity index (χ4v) is 2.61. The Morgan fingerprint density at radius 3 is 3.00 bits per heavy atom. The van der Waals surface area contributed by atoms with E-state index in [2.05, 4.69) is 22.6 Å². The zero-order valence-corrected chi connectivity index (χ0v) is 12.2. The minimum absolute atomic E-state index is 0.130. The van der Waals surface area contributed by atoms with E-state index in [1.54, 1.807) is 0 Å². The normalized spacial score (nSPS) is 19.1. The molecule has 1 aliphatic heterocycles. The lowest BCUT2D eigenvalue weighted by Gasteiger charge is -2.19. The summed E-state index contributed by atoms with van der Waals surface area (Å²) in [6.07, 6.45) is 3.29. The average Bonchev–Trinajstić information content (AvgIpc) is 2.79. The van der Waals surface area contributed by atoms with Gasteiger partial charge in [0.05, 0.1) is 5.69 Å². The monoisotopic (exact) mass is 299 g/mol. The van der Waals surface area contributed by atoms with Crippen LogP contribution < -0.4 is 10.6 Å². The third-order valence-corrected chi connectivity index (χ3v) is 3.85. The number of hydrogen-bond acceptors (Lipinski definition) is 2. The maximum absolute atomic E-state index is 13.5. The first-order valence-corrected chi connectivity index (χ1v) is 7.14. The smallest absolute Gasteiger partial charge is 0.319 e. The number of likely N-dealkylation sites (tertiary alicyclic amines) is 1. The lowest BCUT2D eigenvalue weighted by molar-refractivity contribution is 0.248. The zero-order chi connectivity index (χ0) is 14.5. The van der Waals surface area contributed by atoms with Crippen molar-refractivity contribution in [1.29, 1.82) is 0 Å². The molecule has 1 aliphatic rings. The summed E-state index contributed by atoms with van der Waals surface area (Å²) in [6, 6.07) is 4.29. The van der Waals surface area contributed by atoms with Crippen molar-refractivity contribution in [2.75, 3.05) is 25.5 Å². The molecule has 2 N–H and O–H groups in total. The van der Waals surface area contributed by atoms with Crippen molar-refractivity contribution >= 4 is 23.3 Å². The van der Waals surface area contributed by atoms with E-state index >= 15 is 0 Å². The average molecular weight is 300 g/mol. The van der Waals surface area contributed by atoms with Crippen LogP contribution in [0.3, 0.4) is 0 Å². The van der Waals surface area contributed by atoms with Gasteiger partial charge in [0.1, 0.15) is 5.82 Å². The first-order valence-electron chi connectivity index (χ1n) is 6.76. The SMILES string of the molecule is CN1CCC[C@H]1CCNC(=O)Nc1ccc(Cl)cc1F. The van der Waals surface area contributed by atoms with Crippen molar-refractivity contribution < 1.29 is 9.18 Å². The van der Waals surface area contributed by atoms with Gasteiger partial charge < -0.3 is 15.5 Å². The maximum Gasteiger partial charge on any atom is 0.319 e. The zero-order valence-electron chi connectivity index (χ0n) is 11.5. The molecule has 0 bridgehead atoms. The van der Waals surface area contributed by atoms with E-state index in [0.717, 1.165) is 13.0 Å². The summed E-state index contributed by atoms with van der Waals surface area (Å²) in [5, 5.41) is 5.52. The summed E-state index contributed by atoms with van der Waals surface area (Å²) in [6.45, 7) is 1.70. The molecule has 0 spiro atoms. The van der Waals surface area contributed by atoms with Crippen LogP contribution in [0.5, 0.6) is 0 Å². The molecule has 1 aromatic rings. The van der Waals surface area contributed by atoms with Crippen LogP contribution in [0.2, 0.25) is 5.02 Å². The summed E-state index contributed by atoms with van der Waals surface area (Å²) in [5.74, 6) is -0.539. The molecule has 2 amide bonds. The lowest BCUT2D eigenvalue weighted by atomic mass is 10.1. The Kier molecular flexibility index (Phi) is 5.20. The van der Waals surface area contributed by atoms with Gasteiger partial charge in [-0.1, -0.05) is 11.6 Å². The molecule has 20 heavy (non-hydrogen) atoms. The summed E-state index contributed by atoms with van der Waals surface area (Å²) >= 11 is 5.65. The van der Waals surface area contributed by atoms with E-state index in [1.807, 2.05) is 0 Å². The Balaban J connectivity index is 1.75. The number of nitrogens with one attached hydrogen (secondary N) is 2. The fourth-order valence-electron chi connectivity index (χ4n) is 2.45. The highest BCUT2D eigenvalue weighted by atomic mass is 35.5. The van der Waals surface area contributed by atoms with Crippen LogP contribution in [0.4, 0.5) is 14.9 Å². The molecular weight excluding hydrogens is 281 g/mol. The van der Waals surface area contributed by atoms with Gasteiger partial charge in [0.15, 0.2) is 0 Å². The summed E-state index contributed by atoms with van der Waals surface area (Å²) < 4.78 is 13.5. The van der Waals surface area contributed by atoms with Gasteiger partial charge in [-0.15, -0.1) is 0 Å². The number of benzene rings is 1. The standard InChI is InChI=1S/C14H19ClFN3O/c1-19-8-2-3-11(19)6-7-17-14(20)18-13-5-4-10(15)9-12(13)16/h4-5,9,11H,2-3,6-8H2,1H3,(H2,17,18,20)/t11-/m0/s1. The third-order valence-electron chi connectivity index (χ3n) is 3.61. The molecule has 0 unspecified atom stereocenters. The summed E-state index contributed by atoms with van der Waals surface area (Å²) in [7, 11) is 2.10. The quantitative estimate of drug-likeness (QED) is 0.897. The van der Waals surface area contributed by atoms with E-state index in [1.165, 1.54) is 31.0 Å². The molecule has 0 aliphatic carbocycles. The Bertz CT molecular complexity index is 483. The first kappa shape index (κ1) is 15.1. The molecule has 1 atom stereocenters. The molecule has 1 saturated heterocycles. The number of nitrogens with zero attached hydrogens (tertiary/aromatic N) is 1. The first-order chi connectivity index (χ1) is 9.56. The number of anilines is 1. The number of halogens is 2. The topological polar surface area (TPSA) is 44.4 Å². The highest BCUT2D eigenvalue weighted by molar-refractivity contribution is 6.30. The second-order valence-electron chi connectivity index (χ2n) is 5.07. The van der Waals surface area contributed by atoms with Crippen LogP contribution in [0.15, 0.2) is 18.2 Å². The van der Waals surface area contributed by atoms with Crippen molar-refractivity contribution in [2.45, 2.75) is 25.3 Å². The number of carbonyl (C=O) groups is 1. The highest BCUT2D eigenvalue weighted by Gasteiger charge is 2.20. The molecule has 1 aromatic carbocycles. The van der Waals surface area contributed by atoms with E-state index in [0.29, 0.717) is 17.6 Å². The van der Waals surface area contributed by atoms with Crippen LogP contribution >= 0.6 is 11.6 Å². The molecule has 6 heteroatoms. The third kappa shape index (κ3) is 4.08. The molecular formula is C14H19ClFN3O. The number of amides is 2. The molecule has 4 nitrogen and oxygen atoms in total. The van der Waals surface area contributed by atoms with Crippen molar-refractivity contribution in [1.82, 2.24) is 10.2 Å². The van der Waals surface area contributed by atoms with Gasteiger partial charge in [0.2, 0.25) is 0 Å². The van der Waals surface area contributed by atoms with Crippen LogP contribution in [-0.2, 0) is 0 Å². The summed E-state index contributed by atoms with van der Waals surface area (Å²) in [5.41, 5.74) is 0.130. The maximum atomic E-state index is 13.5. The van der Waals surface area contributed by atoms with Gasteiger partial charge in [-0.2, -0.15) is 0 Å². The number of hydrogen-bond donors (Lipinski definition) is 2. The van der Waals surface area contributed by atoms with Gasteiger partial charge >= 0.3 is 6.03 Å². The van der Waals surface area contributed by atoms with E-state index in [9.17, 15) is 9.18 Å². The molecule has 0 aromatic heterocycles. The highest BCUT2D eigenvalue weighted by Crippen LogP contribution is 2.19. The van der Waals surface area contributed by atoms with Crippen molar-refractivity contribution in [3.05, 3.63) is 29.0 Å². The van der Waals surface area contributed by atoms with Crippen molar-refractivity contribution in [3.8, 4) is 0 Å². The van der Waals surface area contributed by atoms with Crippen molar-refractivity contribution in [2.24, 2.45) is 0 Å². The number of rotatable bonds is 4. The Morgan fingerprint density at radius 1 is 1.55 bits per heavy atom. The molecule has 2 rings (SSSR count). The molecule has 0 saturated carbocycles. The second kappa shape index (κ2) is 6.90. The second-order valence-corrected chi connectivity index (χ2v) is 5.51. The minimum Gasteiger partial charge on any atom is -0.338 e.